The monoisotopic (exact) mass is 141 g/mol. The molecule has 3 heteroatoms. The van der Waals surface area contributed by atoms with Crippen LogP contribution in [0, 0.1) is 5.92 Å². The third-order valence-corrected chi connectivity index (χ3v) is 2.21. The van der Waals surface area contributed by atoms with Crippen molar-refractivity contribution in [3.05, 3.63) is 0 Å². The van der Waals surface area contributed by atoms with E-state index in [0.29, 0.717) is 12.7 Å². The van der Waals surface area contributed by atoms with Crippen LogP contribution < -0.4 is 5.73 Å². The highest BCUT2D eigenvalue weighted by atomic mass is 16.2. The van der Waals surface area contributed by atoms with E-state index in [1.807, 2.05) is 6.92 Å². The number of hydrogen-bond donors (Lipinski definition) is 1. The van der Waals surface area contributed by atoms with Gasteiger partial charge in [-0.05, 0) is 12.3 Å². The van der Waals surface area contributed by atoms with E-state index in [1.165, 1.54) is 0 Å². The fourth-order valence-electron chi connectivity index (χ4n) is 1.27. The van der Waals surface area contributed by atoms with Crippen LogP contribution in [0.2, 0.25) is 0 Å². The highest BCUT2D eigenvalue weighted by molar-refractivity contribution is 6.30. The van der Waals surface area contributed by atoms with Crippen LogP contribution in [0.1, 0.15) is 19.8 Å². The average molecular weight is 141 g/mol. The van der Waals surface area contributed by atoms with Crippen molar-refractivity contribution in [3.8, 4) is 0 Å². The topological polar surface area (TPSA) is 60.2 Å². The van der Waals surface area contributed by atoms with Crippen LogP contribution in [0.5, 0.6) is 0 Å². The lowest BCUT2D eigenvalue weighted by atomic mass is 10.1. The van der Waals surface area contributed by atoms with Crippen LogP contribution in [0.4, 0.5) is 0 Å². The molecule has 10 heavy (non-hydrogen) atoms. The maximum atomic E-state index is 10.8. The molecule has 3 nitrogen and oxygen atoms in total. The summed E-state index contributed by atoms with van der Waals surface area (Å²) in [6.45, 7) is 1.97. The summed E-state index contributed by atoms with van der Waals surface area (Å²) >= 11 is 0. The first-order valence-corrected chi connectivity index (χ1v) is 3.43. The van der Waals surface area contributed by atoms with Gasteiger partial charge in [-0.1, -0.05) is 13.3 Å². The van der Waals surface area contributed by atoms with Crippen molar-refractivity contribution in [2.45, 2.75) is 25.3 Å². The Kier molecular flexibility index (Phi) is 1.60. The Bertz CT molecular complexity index is 178. The summed E-state index contributed by atoms with van der Waals surface area (Å²) in [5.41, 5.74) is 4.79. The smallest absolute Gasteiger partial charge is 0.215 e. The van der Waals surface area contributed by atoms with E-state index in [-0.39, 0.29) is 5.92 Å². The molecule has 1 aliphatic carbocycles. The van der Waals surface area contributed by atoms with Crippen molar-refractivity contribution < 1.29 is 9.59 Å². The SMILES string of the molecule is CC[C@H]1CC1(N)C(=O)C=O. The summed E-state index contributed by atoms with van der Waals surface area (Å²) in [7, 11) is 0. The van der Waals surface area contributed by atoms with Crippen molar-refractivity contribution in [3.63, 3.8) is 0 Å². The van der Waals surface area contributed by atoms with Crippen molar-refractivity contribution in [2.24, 2.45) is 11.7 Å². The molecule has 1 aliphatic rings. The summed E-state index contributed by atoms with van der Waals surface area (Å²) in [6.07, 6.45) is 1.90. The molecule has 1 saturated carbocycles. The third kappa shape index (κ3) is 0.865. The van der Waals surface area contributed by atoms with Crippen molar-refractivity contribution in [2.75, 3.05) is 0 Å². The Balaban J connectivity index is 2.58. The number of ketones is 1. The lowest BCUT2D eigenvalue weighted by Crippen LogP contribution is -2.36. The van der Waals surface area contributed by atoms with E-state index < -0.39 is 11.3 Å². The molecule has 0 amide bonds. The van der Waals surface area contributed by atoms with Gasteiger partial charge in [0.1, 0.15) is 0 Å². The number of nitrogens with two attached hydrogens (primary N) is 1. The van der Waals surface area contributed by atoms with Gasteiger partial charge in [-0.15, -0.1) is 0 Å². The minimum absolute atomic E-state index is 0.241. The molecular formula is C7H11NO2. The standard InChI is InChI=1S/C7H11NO2/c1-2-5-3-7(5,8)6(10)4-9/h4-5H,2-3,8H2,1H3/t5-,7?/m0/s1. The van der Waals surface area contributed by atoms with Gasteiger partial charge in [0, 0.05) is 0 Å². The number of carbonyl (C=O) groups excluding carboxylic acids is 2. The predicted octanol–water partition coefficient (Wildman–Crippen LogP) is -0.118. The zero-order valence-electron chi connectivity index (χ0n) is 5.96. The van der Waals surface area contributed by atoms with Gasteiger partial charge in [-0.2, -0.15) is 0 Å². The third-order valence-electron chi connectivity index (χ3n) is 2.21. The second-order valence-corrected chi connectivity index (χ2v) is 2.83. The molecule has 1 rings (SSSR count). The van der Waals surface area contributed by atoms with E-state index in [0.717, 1.165) is 6.42 Å². The summed E-state index contributed by atoms with van der Waals surface area (Å²) in [5.74, 6) is -0.204. The molecule has 0 bridgehead atoms. The first-order valence-electron chi connectivity index (χ1n) is 3.43. The molecule has 1 unspecified atom stereocenters. The Hall–Kier alpha value is -0.700. The van der Waals surface area contributed by atoms with Gasteiger partial charge in [0.25, 0.3) is 0 Å². The zero-order chi connectivity index (χ0) is 7.78. The van der Waals surface area contributed by atoms with Crippen LogP contribution in [-0.2, 0) is 9.59 Å². The number of aldehydes is 1. The number of hydrogen-bond acceptors (Lipinski definition) is 3. The second-order valence-electron chi connectivity index (χ2n) is 2.83. The van der Waals surface area contributed by atoms with Gasteiger partial charge >= 0.3 is 0 Å². The van der Waals surface area contributed by atoms with Gasteiger partial charge in [0.05, 0.1) is 5.54 Å². The van der Waals surface area contributed by atoms with Crippen LogP contribution in [0.25, 0.3) is 0 Å². The summed E-state index contributed by atoms with van der Waals surface area (Å²) < 4.78 is 0. The van der Waals surface area contributed by atoms with Crippen LogP contribution in [0.15, 0.2) is 0 Å². The molecule has 56 valence electrons. The molecule has 0 aromatic heterocycles. The number of rotatable bonds is 3. The zero-order valence-corrected chi connectivity index (χ0v) is 5.96. The van der Waals surface area contributed by atoms with Crippen molar-refractivity contribution in [1.82, 2.24) is 0 Å². The van der Waals surface area contributed by atoms with E-state index >= 15 is 0 Å². The summed E-state index contributed by atoms with van der Waals surface area (Å²) in [4.78, 5) is 20.8. The van der Waals surface area contributed by atoms with E-state index in [9.17, 15) is 9.59 Å². The lowest BCUT2D eigenvalue weighted by molar-refractivity contribution is -0.131. The highest BCUT2D eigenvalue weighted by Crippen LogP contribution is 2.43. The maximum Gasteiger partial charge on any atom is 0.215 e. The van der Waals surface area contributed by atoms with Gasteiger partial charge in [0.15, 0.2) is 6.29 Å². The van der Waals surface area contributed by atoms with Crippen molar-refractivity contribution >= 4 is 12.1 Å². The first-order chi connectivity index (χ1) is 4.65. The fraction of sp³-hybridized carbons (Fsp3) is 0.714. The minimum Gasteiger partial charge on any atom is -0.318 e. The Morgan fingerprint density at radius 2 is 2.50 bits per heavy atom. The average Bonchev–Trinajstić information content (AvgIpc) is 2.61. The molecular weight excluding hydrogens is 130 g/mol. The molecule has 0 radical (unpaired) electrons. The van der Waals surface area contributed by atoms with Crippen LogP contribution >= 0.6 is 0 Å². The van der Waals surface area contributed by atoms with E-state index in [4.69, 9.17) is 5.73 Å². The second kappa shape index (κ2) is 2.16. The molecule has 2 atom stereocenters. The lowest BCUT2D eigenvalue weighted by Gasteiger charge is -2.01. The molecule has 0 heterocycles. The van der Waals surface area contributed by atoms with Gasteiger partial charge in [-0.25, -0.2) is 0 Å². The summed E-state index contributed by atoms with van der Waals surface area (Å²) in [5, 5.41) is 0. The Morgan fingerprint density at radius 1 is 1.90 bits per heavy atom. The largest absolute Gasteiger partial charge is 0.318 e. The number of carbonyl (C=O) groups is 2. The molecule has 0 aromatic carbocycles. The first kappa shape index (κ1) is 7.41. The highest BCUT2D eigenvalue weighted by Gasteiger charge is 2.55. The van der Waals surface area contributed by atoms with Gasteiger partial charge in [0.2, 0.25) is 5.78 Å². The Labute approximate surface area is 59.6 Å². The molecule has 0 aliphatic heterocycles. The molecule has 1 fully saturated rings. The van der Waals surface area contributed by atoms with E-state index in [2.05, 4.69) is 0 Å². The van der Waals surface area contributed by atoms with Gasteiger partial charge in [-0.3, -0.25) is 9.59 Å². The van der Waals surface area contributed by atoms with Crippen LogP contribution in [0.3, 0.4) is 0 Å². The number of Topliss-reactive ketones (excluding diaryl/α,β-unsaturated/α-hetero) is 1. The van der Waals surface area contributed by atoms with Crippen LogP contribution in [-0.4, -0.2) is 17.6 Å². The summed E-state index contributed by atoms with van der Waals surface area (Å²) in [6, 6.07) is 0. The minimum atomic E-state index is -0.781. The molecule has 0 aromatic rings. The quantitative estimate of drug-likeness (QED) is 0.440. The fourth-order valence-corrected chi connectivity index (χ4v) is 1.27. The molecule has 0 saturated heterocycles. The predicted molar refractivity (Wildman–Crippen MR) is 36.4 cm³/mol. The van der Waals surface area contributed by atoms with E-state index in [1.54, 1.807) is 0 Å². The maximum absolute atomic E-state index is 10.8. The molecule has 2 N–H and O–H groups in total. The molecule has 0 spiro atoms. The Morgan fingerprint density at radius 3 is 2.80 bits per heavy atom. The van der Waals surface area contributed by atoms with Gasteiger partial charge < -0.3 is 5.73 Å². The normalized spacial score (nSPS) is 37.2. The van der Waals surface area contributed by atoms with Crippen molar-refractivity contribution in [1.29, 1.82) is 0 Å².